The van der Waals surface area contributed by atoms with Crippen LogP contribution in [0.3, 0.4) is 0 Å². The predicted octanol–water partition coefficient (Wildman–Crippen LogP) is 2.40. The molecule has 4 heteroatoms. The summed E-state index contributed by atoms with van der Waals surface area (Å²) in [4.78, 5) is 0. The Morgan fingerprint density at radius 1 is 1.59 bits per heavy atom. The zero-order valence-electron chi connectivity index (χ0n) is 9.99. The topological polar surface area (TPSA) is 44.5 Å². The van der Waals surface area contributed by atoms with Gasteiger partial charge in [0.1, 0.15) is 11.9 Å². The molecule has 0 amide bonds. The van der Waals surface area contributed by atoms with Crippen molar-refractivity contribution in [3.63, 3.8) is 0 Å². The van der Waals surface area contributed by atoms with E-state index in [-0.39, 0.29) is 12.1 Å². The van der Waals surface area contributed by atoms with Crippen LogP contribution >= 0.6 is 11.6 Å². The maximum atomic E-state index is 6.18. The van der Waals surface area contributed by atoms with E-state index in [9.17, 15) is 0 Å². The van der Waals surface area contributed by atoms with Gasteiger partial charge >= 0.3 is 0 Å². The molecule has 1 saturated heterocycles. The van der Waals surface area contributed by atoms with E-state index in [4.69, 9.17) is 26.8 Å². The average molecular weight is 256 g/mol. The van der Waals surface area contributed by atoms with Gasteiger partial charge in [0.2, 0.25) is 0 Å². The Labute approximate surface area is 107 Å². The van der Waals surface area contributed by atoms with Gasteiger partial charge < -0.3 is 15.2 Å². The highest BCUT2D eigenvalue weighted by Gasteiger charge is 2.18. The molecule has 1 aliphatic heterocycles. The predicted molar refractivity (Wildman–Crippen MR) is 68.7 cm³/mol. The quantitative estimate of drug-likeness (QED) is 0.899. The first-order valence-electron chi connectivity index (χ1n) is 5.93. The van der Waals surface area contributed by atoms with Crippen molar-refractivity contribution in [2.45, 2.75) is 31.9 Å². The van der Waals surface area contributed by atoms with Gasteiger partial charge in [-0.25, -0.2) is 0 Å². The normalized spacial score (nSPS) is 21.5. The van der Waals surface area contributed by atoms with E-state index in [1.54, 1.807) is 0 Å². The lowest BCUT2D eigenvalue weighted by Gasteiger charge is -2.14. The summed E-state index contributed by atoms with van der Waals surface area (Å²) in [5.74, 6) is 0.732. The van der Waals surface area contributed by atoms with Gasteiger partial charge in [-0.15, -0.1) is 0 Å². The van der Waals surface area contributed by atoms with Gasteiger partial charge in [0, 0.05) is 12.5 Å². The van der Waals surface area contributed by atoms with Gasteiger partial charge in [0.25, 0.3) is 0 Å². The first-order valence-corrected chi connectivity index (χ1v) is 6.31. The average Bonchev–Trinajstić information content (AvgIpc) is 2.74. The van der Waals surface area contributed by atoms with Gasteiger partial charge in [-0.2, -0.15) is 0 Å². The minimum atomic E-state index is 0.131. The molecule has 1 aliphatic rings. The summed E-state index contributed by atoms with van der Waals surface area (Å²) in [6.45, 7) is 3.40. The molecule has 0 saturated carbocycles. The summed E-state index contributed by atoms with van der Waals surface area (Å²) in [7, 11) is 0. The summed E-state index contributed by atoms with van der Waals surface area (Å²) in [6.07, 6.45) is 1.89. The molecular weight excluding hydrogens is 238 g/mol. The van der Waals surface area contributed by atoms with Crippen LogP contribution in [-0.4, -0.2) is 25.4 Å². The Morgan fingerprint density at radius 2 is 2.41 bits per heavy atom. The monoisotopic (exact) mass is 255 g/mol. The van der Waals surface area contributed by atoms with Crippen LogP contribution in [0.1, 0.15) is 18.9 Å². The molecule has 2 unspecified atom stereocenters. The second kappa shape index (κ2) is 5.71. The standard InChI is InChI=1S/C13H18ClNO2/c1-9(15)6-10-2-3-13(12(14)7-10)17-11-4-5-16-8-11/h2-3,7,9,11H,4-6,8,15H2,1H3. The molecular formula is C13H18ClNO2. The van der Waals surface area contributed by atoms with Crippen molar-refractivity contribution in [3.05, 3.63) is 28.8 Å². The van der Waals surface area contributed by atoms with Crippen LogP contribution in [0.2, 0.25) is 5.02 Å². The first kappa shape index (κ1) is 12.7. The van der Waals surface area contributed by atoms with Crippen LogP contribution in [0, 0.1) is 0 Å². The largest absolute Gasteiger partial charge is 0.486 e. The molecule has 0 aliphatic carbocycles. The van der Waals surface area contributed by atoms with E-state index < -0.39 is 0 Å². The number of nitrogens with two attached hydrogens (primary N) is 1. The SMILES string of the molecule is CC(N)Cc1ccc(OC2CCOC2)c(Cl)c1. The van der Waals surface area contributed by atoms with Gasteiger partial charge in [-0.1, -0.05) is 17.7 Å². The third-order valence-corrected chi connectivity index (χ3v) is 3.03. The molecule has 3 nitrogen and oxygen atoms in total. The highest BCUT2D eigenvalue weighted by Crippen LogP contribution is 2.28. The molecule has 0 bridgehead atoms. The molecule has 94 valence electrons. The molecule has 1 aromatic carbocycles. The third kappa shape index (κ3) is 3.60. The van der Waals surface area contributed by atoms with Gasteiger partial charge in [0.15, 0.2) is 0 Å². The van der Waals surface area contributed by atoms with Gasteiger partial charge in [-0.3, -0.25) is 0 Å². The van der Waals surface area contributed by atoms with Crippen molar-refractivity contribution >= 4 is 11.6 Å². The van der Waals surface area contributed by atoms with Crippen molar-refractivity contribution in [2.75, 3.05) is 13.2 Å². The van der Waals surface area contributed by atoms with Crippen molar-refractivity contribution in [1.82, 2.24) is 0 Å². The zero-order valence-corrected chi connectivity index (χ0v) is 10.7. The summed E-state index contributed by atoms with van der Waals surface area (Å²) in [5.41, 5.74) is 6.89. The number of rotatable bonds is 4. The lowest BCUT2D eigenvalue weighted by molar-refractivity contribution is 0.141. The molecule has 1 aromatic rings. The second-order valence-electron chi connectivity index (χ2n) is 4.55. The number of benzene rings is 1. The Balaban J connectivity index is 2.03. The fraction of sp³-hybridized carbons (Fsp3) is 0.538. The van der Waals surface area contributed by atoms with Gasteiger partial charge in [0.05, 0.1) is 18.2 Å². The number of hydrogen-bond donors (Lipinski definition) is 1. The van der Waals surface area contributed by atoms with Gasteiger partial charge in [-0.05, 0) is 31.0 Å². The van der Waals surface area contributed by atoms with Crippen LogP contribution in [0.5, 0.6) is 5.75 Å². The fourth-order valence-corrected chi connectivity index (χ4v) is 2.17. The maximum Gasteiger partial charge on any atom is 0.138 e. The van der Waals surface area contributed by atoms with Crippen molar-refractivity contribution in [2.24, 2.45) is 5.73 Å². The lowest BCUT2D eigenvalue weighted by atomic mass is 10.1. The van der Waals surface area contributed by atoms with E-state index in [2.05, 4.69) is 0 Å². The highest BCUT2D eigenvalue weighted by molar-refractivity contribution is 6.32. The van der Waals surface area contributed by atoms with Crippen LogP contribution in [0.25, 0.3) is 0 Å². The Hall–Kier alpha value is -0.770. The fourth-order valence-electron chi connectivity index (χ4n) is 1.92. The van der Waals surface area contributed by atoms with E-state index in [0.717, 1.165) is 30.8 Å². The molecule has 1 heterocycles. The van der Waals surface area contributed by atoms with Crippen molar-refractivity contribution in [3.8, 4) is 5.75 Å². The number of ether oxygens (including phenoxy) is 2. The Kier molecular flexibility index (Phi) is 4.26. The first-order chi connectivity index (χ1) is 8.15. The van der Waals surface area contributed by atoms with E-state index in [1.165, 1.54) is 0 Å². The summed E-state index contributed by atoms with van der Waals surface area (Å²) in [5, 5.41) is 0.648. The second-order valence-corrected chi connectivity index (χ2v) is 4.96. The molecule has 0 aromatic heterocycles. The molecule has 0 radical (unpaired) electrons. The Bertz CT molecular complexity index is 376. The molecule has 2 N–H and O–H groups in total. The summed E-state index contributed by atoms with van der Waals surface area (Å²) < 4.78 is 11.0. The zero-order chi connectivity index (χ0) is 12.3. The highest BCUT2D eigenvalue weighted by atomic mass is 35.5. The minimum Gasteiger partial charge on any atom is -0.486 e. The summed E-state index contributed by atoms with van der Waals surface area (Å²) >= 11 is 6.18. The van der Waals surface area contributed by atoms with Crippen LogP contribution < -0.4 is 10.5 Å². The molecule has 2 rings (SSSR count). The van der Waals surface area contributed by atoms with Crippen LogP contribution in [0.4, 0.5) is 0 Å². The molecule has 0 spiro atoms. The number of hydrogen-bond acceptors (Lipinski definition) is 3. The Morgan fingerprint density at radius 3 is 3.00 bits per heavy atom. The maximum absolute atomic E-state index is 6.18. The molecule has 2 atom stereocenters. The third-order valence-electron chi connectivity index (χ3n) is 2.74. The summed E-state index contributed by atoms with van der Waals surface area (Å²) in [6, 6.07) is 6.00. The van der Waals surface area contributed by atoms with Crippen LogP contribution in [-0.2, 0) is 11.2 Å². The lowest BCUT2D eigenvalue weighted by Crippen LogP contribution is -2.18. The van der Waals surface area contributed by atoms with Crippen molar-refractivity contribution in [1.29, 1.82) is 0 Å². The molecule has 17 heavy (non-hydrogen) atoms. The van der Waals surface area contributed by atoms with Crippen molar-refractivity contribution < 1.29 is 9.47 Å². The van der Waals surface area contributed by atoms with Crippen LogP contribution in [0.15, 0.2) is 18.2 Å². The van der Waals surface area contributed by atoms with E-state index in [1.807, 2.05) is 25.1 Å². The molecule has 1 fully saturated rings. The van der Waals surface area contributed by atoms with E-state index in [0.29, 0.717) is 11.6 Å². The minimum absolute atomic E-state index is 0.131. The van der Waals surface area contributed by atoms with E-state index >= 15 is 0 Å². The smallest absolute Gasteiger partial charge is 0.138 e. The number of halogens is 1.